The summed E-state index contributed by atoms with van der Waals surface area (Å²) in [5, 5.41) is 3.69. The van der Waals surface area contributed by atoms with Crippen molar-refractivity contribution in [1.29, 1.82) is 0 Å². The molecule has 0 radical (unpaired) electrons. The summed E-state index contributed by atoms with van der Waals surface area (Å²) in [5.41, 5.74) is 1.42. The van der Waals surface area contributed by atoms with Gasteiger partial charge in [-0.25, -0.2) is 0 Å². The number of benzene rings is 1. The summed E-state index contributed by atoms with van der Waals surface area (Å²) in [6, 6.07) is 11.3. The van der Waals surface area contributed by atoms with Crippen molar-refractivity contribution in [3.8, 4) is 0 Å². The highest BCUT2D eigenvalue weighted by molar-refractivity contribution is 5.18. The van der Waals surface area contributed by atoms with Gasteiger partial charge >= 0.3 is 0 Å². The van der Waals surface area contributed by atoms with Gasteiger partial charge in [-0.1, -0.05) is 43.7 Å². The maximum atomic E-state index is 3.69. The summed E-state index contributed by atoms with van der Waals surface area (Å²) >= 11 is 0. The second-order valence-electron chi connectivity index (χ2n) is 5.22. The minimum absolute atomic E-state index is 0.524. The highest BCUT2D eigenvalue weighted by atomic mass is 15.0. The molecule has 1 aromatic carbocycles. The Morgan fingerprint density at radius 3 is 2.44 bits per heavy atom. The zero-order valence-electron chi connectivity index (χ0n) is 12.2. The van der Waals surface area contributed by atoms with E-state index >= 15 is 0 Å². The Balaban J connectivity index is 2.31. The average molecular weight is 248 g/mol. The fourth-order valence-electron chi connectivity index (χ4n) is 2.19. The van der Waals surface area contributed by atoms with Crippen LogP contribution in [0.4, 0.5) is 0 Å². The first-order valence-electron chi connectivity index (χ1n) is 7.17. The van der Waals surface area contributed by atoms with Crippen molar-refractivity contribution in [3.63, 3.8) is 0 Å². The topological polar surface area (TPSA) is 15.3 Å². The van der Waals surface area contributed by atoms with Gasteiger partial charge in [-0.05, 0) is 52.0 Å². The first-order chi connectivity index (χ1) is 8.74. The van der Waals surface area contributed by atoms with Crippen LogP contribution in [0.1, 0.15) is 44.2 Å². The molecule has 0 spiro atoms. The molecule has 0 saturated heterocycles. The van der Waals surface area contributed by atoms with Crippen LogP contribution in [-0.2, 0) is 0 Å². The number of rotatable bonds is 9. The Morgan fingerprint density at radius 1 is 1.11 bits per heavy atom. The molecule has 0 amide bonds. The average Bonchev–Trinajstić information content (AvgIpc) is 2.38. The van der Waals surface area contributed by atoms with E-state index in [0.717, 1.165) is 6.54 Å². The molecule has 0 aliphatic carbocycles. The number of nitrogens with one attached hydrogen (secondary N) is 1. The molecule has 1 N–H and O–H groups in total. The Labute approximate surface area is 112 Å². The van der Waals surface area contributed by atoms with Crippen LogP contribution in [0, 0.1) is 0 Å². The highest BCUT2D eigenvalue weighted by Gasteiger charge is 2.08. The van der Waals surface area contributed by atoms with Crippen LogP contribution < -0.4 is 5.32 Å². The largest absolute Gasteiger partial charge is 0.310 e. The first kappa shape index (κ1) is 15.2. The van der Waals surface area contributed by atoms with Crippen molar-refractivity contribution in [3.05, 3.63) is 35.9 Å². The smallest absolute Gasteiger partial charge is 0.0320 e. The van der Waals surface area contributed by atoms with Gasteiger partial charge in [0.15, 0.2) is 0 Å². The second-order valence-corrected chi connectivity index (χ2v) is 5.22. The lowest BCUT2D eigenvalue weighted by atomic mass is 10.0. The molecule has 18 heavy (non-hydrogen) atoms. The third-order valence-electron chi connectivity index (χ3n) is 3.20. The molecule has 0 aliphatic rings. The van der Waals surface area contributed by atoms with Crippen molar-refractivity contribution in [2.75, 3.05) is 27.2 Å². The van der Waals surface area contributed by atoms with Crippen LogP contribution >= 0.6 is 0 Å². The summed E-state index contributed by atoms with van der Waals surface area (Å²) in [4.78, 5) is 2.25. The van der Waals surface area contributed by atoms with E-state index in [4.69, 9.17) is 0 Å². The lowest BCUT2D eigenvalue weighted by Gasteiger charge is -2.19. The molecule has 2 nitrogen and oxygen atoms in total. The predicted octanol–water partition coefficient (Wildman–Crippen LogP) is 3.46. The molecule has 2 heteroatoms. The Bertz CT molecular complexity index is 295. The molecule has 0 aliphatic heterocycles. The third-order valence-corrected chi connectivity index (χ3v) is 3.20. The minimum atomic E-state index is 0.524. The summed E-state index contributed by atoms with van der Waals surface area (Å²) in [6.07, 6.45) is 4.97. The molecule has 0 fully saturated rings. The maximum Gasteiger partial charge on any atom is 0.0320 e. The van der Waals surface area contributed by atoms with E-state index in [1.54, 1.807) is 0 Å². The second kappa shape index (κ2) is 9.12. The van der Waals surface area contributed by atoms with Crippen LogP contribution in [0.25, 0.3) is 0 Å². The molecule has 0 bridgehead atoms. The van der Waals surface area contributed by atoms with Gasteiger partial charge < -0.3 is 10.2 Å². The van der Waals surface area contributed by atoms with Crippen LogP contribution in [-0.4, -0.2) is 32.1 Å². The van der Waals surface area contributed by atoms with Crippen molar-refractivity contribution >= 4 is 0 Å². The lowest BCUT2D eigenvalue weighted by Crippen LogP contribution is -2.23. The van der Waals surface area contributed by atoms with E-state index in [1.807, 2.05) is 0 Å². The van der Waals surface area contributed by atoms with E-state index in [1.165, 1.54) is 37.8 Å². The van der Waals surface area contributed by atoms with E-state index < -0.39 is 0 Å². The maximum absolute atomic E-state index is 3.69. The van der Waals surface area contributed by atoms with Gasteiger partial charge in [0, 0.05) is 6.04 Å². The standard InChI is InChI=1S/C16H28N2/c1-4-10-16(15-11-6-5-7-12-15)17-13-8-9-14-18(2)3/h5-7,11-12,16-17H,4,8-10,13-14H2,1-3H3. The van der Waals surface area contributed by atoms with Gasteiger partial charge in [0.25, 0.3) is 0 Å². The van der Waals surface area contributed by atoms with Crippen molar-refractivity contribution in [2.45, 2.75) is 38.6 Å². The quantitative estimate of drug-likeness (QED) is 0.673. The molecule has 0 aromatic heterocycles. The van der Waals surface area contributed by atoms with Crippen molar-refractivity contribution in [2.24, 2.45) is 0 Å². The van der Waals surface area contributed by atoms with Crippen LogP contribution in [0.5, 0.6) is 0 Å². The summed E-state index contributed by atoms with van der Waals surface area (Å²) < 4.78 is 0. The molecule has 0 heterocycles. The summed E-state index contributed by atoms with van der Waals surface area (Å²) in [5.74, 6) is 0. The Hall–Kier alpha value is -0.860. The fraction of sp³-hybridized carbons (Fsp3) is 0.625. The zero-order chi connectivity index (χ0) is 13.2. The Morgan fingerprint density at radius 2 is 1.83 bits per heavy atom. The SMILES string of the molecule is CCCC(NCCCCN(C)C)c1ccccc1. The normalized spacial score (nSPS) is 12.9. The Kier molecular flexibility index (Phi) is 7.70. The number of hydrogen-bond donors (Lipinski definition) is 1. The van der Waals surface area contributed by atoms with Gasteiger partial charge in [0.2, 0.25) is 0 Å². The van der Waals surface area contributed by atoms with Gasteiger partial charge in [-0.3, -0.25) is 0 Å². The van der Waals surface area contributed by atoms with Gasteiger partial charge in [0.05, 0.1) is 0 Å². The molecule has 1 unspecified atom stereocenters. The third kappa shape index (κ3) is 6.18. The fourth-order valence-corrected chi connectivity index (χ4v) is 2.19. The van der Waals surface area contributed by atoms with Crippen LogP contribution in [0.2, 0.25) is 0 Å². The summed E-state index contributed by atoms with van der Waals surface area (Å²) in [7, 11) is 4.27. The molecular weight excluding hydrogens is 220 g/mol. The number of unbranched alkanes of at least 4 members (excludes halogenated alkanes) is 1. The molecule has 1 atom stereocenters. The minimum Gasteiger partial charge on any atom is -0.310 e. The van der Waals surface area contributed by atoms with E-state index in [2.05, 4.69) is 61.6 Å². The van der Waals surface area contributed by atoms with Gasteiger partial charge in [-0.15, -0.1) is 0 Å². The van der Waals surface area contributed by atoms with Crippen molar-refractivity contribution < 1.29 is 0 Å². The van der Waals surface area contributed by atoms with E-state index in [0.29, 0.717) is 6.04 Å². The predicted molar refractivity (Wildman–Crippen MR) is 79.9 cm³/mol. The van der Waals surface area contributed by atoms with Gasteiger partial charge in [-0.2, -0.15) is 0 Å². The molecule has 1 rings (SSSR count). The van der Waals surface area contributed by atoms with Gasteiger partial charge in [0.1, 0.15) is 0 Å². The lowest BCUT2D eigenvalue weighted by molar-refractivity contribution is 0.386. The molecule has 102 valence electrons. The number of hydrogen-bond acceptors (Lipinski definition) is 2. The molecule has 0 saturated carbocycles. The van der Waals surface area contributed by atoms with Crippen LogP contribution in [0.15, 0.2) is 30.3 Å². The van der Waals surface area contributed by atoms with Crippen LogP contribution in [0.3, 0.4) is 0 Å². The monoisotopic (exact) mass is 248 g/mol. The molecule has 1 aromatic rings. The number of nitrogens with zero attached hydrogens (tertiary/aromatic N) is 1. The van der Waals surface area contributed by atoms with Crippen molar-refractivity contribution in [1.82, 2.24) is 10.2 Å². The zero-order valence-corrected chi connectivity index (χ0v) is 12.2. The highest BCUT2D eigenvalue weighted by Crippen LogP contribution is 2.17. The summed E-state index contributed by atoms with van der Waals surface area (Å²) in [6.45, 7) is 4.56. The first-order valence-corrected chi connectivity index (χ1v) is 7.17. The van der Waals surface area contributed by atoms with E-state index in [-0.39, 0.29) is 0 Å². The molecular formula is C16H28N2. The van der Waals surface area contributed by atoms with E-state index in [9.17, 15) is 0 Å².